The SMILES string of the molecule is C=C1N[C](=[Ca])/C(=C\c2ccc(CC)cc2)S1.CC.CCC.CCC(C)c1ccc(C)cc1. The van der Waals surface area contributed by atoms with Crippen LogP contribution in [0.4, 0.5) is 0 Å². The summed E-state index contributed by atoms with van der Waals surface area (Å²) < 4.78 is 1.31. The monoisotopic (exact) mass is 477 g/mol. The third-order valence-electron chi connectivity index (χ3n) is 4.77. The first-order chi connectivity index (χ1) is 15.3. The van der Waals surface area contributed by atoms with Gasteiger partial charge in [0, 0.05) is 0 Å². The summed E-state index contributed by atoms with van der Waals surface area (Å²) in [6, 6.07) is 17.6. The van der Waals surface area contributed by atoms with E-state index in [1.165, 1.54) is 41.7 Å². The molecule has 2 aromatic rings. The van der Waals surface area contributed by atoms with Crippen LogP contribution >= 0.6 is 11.8 Å². The minimum Gasteiger partial charge on any atom is -0.0683 e. The van der Waals surface area contributed by atoms with Gasteiger partial charge in [0.1, 0.15) is 0 Å². The van der Waals surface area contributed by atoms with Crippen LogP contribution in [0.15, 0.2) is 65.0 Å². The Bertz CT molecular complexity index is 819. The molecule has 32 heavy (non-hydrogen) atoms. The molecule has 1 atom stereocenters. The smallest absolute Gasteiger partial charge is 0.0193 e. The molecular weight excluding hydrogens is 434 g/mol. The first-order valence-electron chi connectivity index (χ1n) is 12.0. The summed E-state index contributed by atoms with van der Waals surface area (Å²) in [5.74, 6) is 0.704. The molecular formula is C29H43CaNS. The van der Waals surface area contributed by atoms with Gasteiger partial charge in [-0.3, -0.25) is 0 Å². The molecule has 0 radical (unpaired) electrons. The van der Waals surface area contributed by atoms with E-state index in [-0.39, 0.29) is 0 Å². The van der Waals surface area contributed by atoms with Gasteiger partial charge in [0.05, 0.1) is 0 Å². The maximum atomic E-state index is 3.93. The molecule has 2 aromatic carbocycles. The number of aryl methyl sites for hydroxylation is 2. The Morgan fingerprint density at radius 1 is 0.969 bits per heavy atom. The molecule has 0 bridgehead atoms. The Balaban J connectivity index is 0.000000523. The van der Waals surface area contributed by atoms with Gasteiger partial charge < -0.3 is 0 Å². The van der Waals surface area contributed by atoms with Crippen molar-refractivity contribution in [1.29, 1.82) is 0 Å². The molecule has 1 saturated heterocycles. The topological polar surface area (TPSA) is 12.0 Å². The first kappa shape index (κ1) is 31.2. The number of benzene rings is 2. The second kappa shape index (κ2) is 18.6. The zero-order valence-electron chi connectivity index (χ0n) is 21.7. The largest absolute Gasteiger partial charge is 0.0683 e. The van der Waals surface area contributed by atoms with E-state index in [9.17, 15) is 0 Å². The van der Waals surface area contributed by atoms with E-state index in [0.29, 0.717) is 5.92 Å². The standard InChI is InChI=1S/C13H13NS.C11H16.C3H8.C2H6.Ca/c1-3-11-4-6-12(7-5-11)8-13-9-14-10(2)15-13;1-4-10(3)11-7-5-9(2)6-8-11;1-3-2;1-2;/h4-8,14H,2-3H2,1H3;5-8,10H,4H2,1-3H3;3H2,1-2H3;1-2H3;/b13-8+;;;;. The van der Waals surface area contributed by atoms with Crippen molar-refractivity contribution in [2.45, 2.75) is 80.6 Å². The summed E-state index contributed by atoms with van der Waals surface area (Å²) in [5.41, 5.74) is 5.45. The Morgan fingerprint density at radius 3 is 1.91 bits per heavy atom. The van der Waals surface area contributed by atoms with E-state index in [2.05, 4.69) is 108 Å². The number of rotatable bonds is 4. The van der Waals surface area contributed by atoms with E-state index >= 15 is 0 Å². The van der Waals surface area contributed by atoms with Gasteiger partial charge in [-0.05, 0) is 24.8 Å². The van der Waals surface area contributed by atoms with Crippen molar-refractivity contribution < 1.29 is 0 Å². The molecule has 0 aromatic heterocycles. The summed E-state index contributed by atoms with van der Waals surface area (Å²) in [4.78, 5) is 1.31. The summed E-state index contributed by atoms with van der Waals surface area (Å²) in [6.45, 7) is 21.0. The average Bonchev–Trinajstić information content (AvgIpc) is 3.13. The second-order valence-electron chi connectivity index (χ2n) is 7.66. The maximum Gasteiger partial charge on any atom is -0.0193 e. The molecule has 0 saturated carbocycles. The van der Waals surface area contributed by atoms with Crippen molar-refractivity contribution in [3.8, 4) is 0 Å². The zero-order valence-corrected chi connectivity index (χ0v) is 24.7. The van der Waals surface area contributed by atoms with Crippen LogP contribution in [0.1, 0.15) is 89.5 Å². The van der Waals surface area contributed by atoms with Crippen LogP contribution in [0.2, 0.25) is 0 Å². The van der Waals surface area contributed by atoms with Crippen molar-refractivity contribution in [2.75, 3.05) is 0 Å². The van der Waals surface area contributed by atoms with Crippen molar-refractivity contribution in [3.05, 3.63) is 87.3 Å². The maximum absolute atomic E-state index is 3.93. The van der Waals surface area contributed by atoms with E-state index in [4.69, 9.17) is 0 Å². The van der Waals surface area contributed by atoms with E-state index in [1.54, 1.807) is 11.8 Å². The van der Waals surface area contributed by atoms with Gasteiger partial charge in [-0.15, -0.1) is 0 Å². The van der Waals surface area contributed by atoms with E-state index < -0.39 is 0 Å². The molecule has 1 unspecified atom stereocenters. The average molecular weight is 478 g/mol. The van der Waals surface area contributed by atoms with E-state index in [0.717, 1.165) is 46.7 Å². The Morgan fingerprint density at radius 2 is 1.50 bits per heavy atom. The Labute approximate surface area is 226 Å². The van der Waals surface area contributed by atoms with Crippen molar-refractivity contribution >= 4 is 54.8 Å². The van der Waals surface area contributed by atoms with Crippen LogP contribution in [0.3, 0.4) is 0 Å². The Hall–Kier alpha value is -0.800. The van der Waals surface area contributed by atoms with Gasteiger partial charge in [0.25, 0.3) is 0 Å². The minimum atomic E-state index is 0.704. The Kier molecular flexibility index (Phi) is 18.1. The van der Waals surface area contributed by atoms with Crippen LogP contribution in [0, 0.1) is 6.92 Å². The fourth-order valence-corrected chi connectivity index (χ4v) is 4.54. The number of nitrogens with one attached hydrogen (secondary N) is 1. The number of thioether (sulfide) groups is 1. The molecule has 172 valence electrons. The van der Waals surface area contributed by atoms with Gasteiger partial charge in [0.15, 0.2) is 0 Å². The number of hydrogen-bond donors (Lipinski definition) is 1. The molecule has 0 spiro atoms. The number of hydrogen-bond acceptors (Lipinski definition) is 2. The molecule has 1 nitrogen and oxygen atoms in total. The predicted molar refractivity (Wildman–Crippen MR) is 152 cm³/mol. The molecule has 0 aliphatic carbocycles. The van der Waals surface area contributed by atoms with Gasteiger partial charge in [-0.1, -0.05) is 77.8 Å². The van der Waals surface area contributed by atoms with Crippen LogP contribution < -0.4 is 5.32 Å². The van der Waals surface area contributed by atoms with E-state index in [1.807, 2.05) is 13.8 Å². The normalized spacial score (nSPS) is 14.2. The fraction of sp³-hybridized carbons (Fsp3) is 0.414. The van der Waals surface area contributed by atoms with Crippen LogP contribution in [0.25, 0.3) is 6.08 Å². The molecule has 0 amide bonds. The van der Waals surface area contributed by atoms with Gasteiger partial charge >= 0.3 is 125 Å². The quantitative estimate of drug-likeness (QED) is 0.442. The second-order valence-corrected chi connectivity index (χ2v) is 9.90. The van der Waals surface area contributed by atoms with Crippen LogP contribution in [-0.2, 0) is 6.42 Å². The van der Waals surface area contributed by atoms with Crippen LogP contribution in [-0.4, -0.2) is 37.0 Å². The third-order valence-corrected chi connectivity index (χ3v) is 6.97. The van der Waals surface area contributed by atoms with Gasteiger partial charge in [0.2, 0.25) is 0 Å². The summed E-state index contributed by atoms with van der Waals surface area (Å²) >= 11 is 2.87. The zero-order chi connectivity index (χ0) is 24.5. The van der Waals surface area contributed by atoms with Crippen LogP contribution in [0.5, 0.6) is 0 Å². The summed E-state index contributed by atoms with van der Waals surface area (Å²) in [6.07, 6.45) is 5.80. The molecule has 3 heteroatoms. The molecule has 1 N–H and O–H groups in total. The predicted octanol–water partition coefficient (Wildman–Crippen LogP) is 8.65. The first-order valence-corrected chi connectivity index (χ1v) is 14.0. The molecule has 3 rings (SSSR count). The third kappa shape index (κ3) is 12.4. The molecule has 1 fully saturated rings. The summed E-state index contributed by atoms with van der Waals surface area (Å²) in [7, 11) is 0. The van der Waals surface area contributed by atoms with Gasteiger partial charge in [-0.25, -0.2) is 0 Å². The van der Waals surface area contributed by atoms with Crippen molar-refractivity contribution in [3.63, 3.8) is 0 Å². The van der Waals surface area contributed by atoms with Crippen molar-refractivity contribution in [2.24, 2.45) is 0 Å². The van der Waals surface area contributed by atoms with Crippen molar-refractivity contribution in [1.82, 2.24) is 5.32 Å². The molecule has 1 heterocycles. The van der Waals surface area contributed by atoms with Gasteiger partial charge in [-0.2, -0.15) is 0 Å². The molecule has 1 aliphatic rings. The minimum absolute atomic E-state index is 0.704. The molecule has 1 aliphatic heterocycles. The summed E-state index contributed by atoms with van der Waals surface area (Å²) in [5, 5.41) is 4.32. The fourth-order valence-electron chi connectivity index (χ4n) is 2.70.